The summed E-state index contributed by atoms with van der Waals surface area (Å²) < 4.78 is 24.8. The summed E-state index contributed by atoms with van der Waals surface area (Å²) in [6.45, 7) is 5.07. The van der Waals surface area contributed by atoms with Crippen molar-refractivity contribution in [3.63, 3.8) is 0 Å². The highest BCUT2D eigenvalue weighted by Crippen LogP contribution is 2.24. The highest BCUT2D eigenvalue weighted by Gasteiger charge is 2.35. The lowest BCUT2D eigenvalue weighted by Gasteiger charge is -2.31. The molecule has 1 heterocycles. The van der Waals surface area contributed by atoms with Crippen molar-refractivity contribution in [2.75, 3.05) is 12.3 Å². The molecule has 1 N–H and O–H groups in total. The molecule has 0 bridgehead atoms. The quantitative estimate of drug-likeness (QED) is 0.879. The Labute approximate surface area is 129 Å². The molecular weight excluding hydrogens is 282 g/mol. The molecule has 0 amide bonds. The molecule has 1 aromatic rings. The predicted octanol–water partition coefficient (Wildman–Crippen LogP) is 2.87. The first-order valence-electron chi connectivity index (χ1n) is 8.03. The van der Waals surface area contributed by atoms with Crippen molar-refractivity contribution in [3.8, 4) is 0 Å². The van der Waals surface area contributed by atoms with E-state index < -0.39 is 9.84 Å². The summed E-state index contributed by atoms with van der Waals surface area (Å²) >= 11 is 0. The van der Waals surface area contributed by atoms with Gasteiger partial charge in [0.2, 0.25) is 0 Å². The normalized spacial score (nSPS) is 22.9. The minimum atomic E-state index is -2.95. The Kier molecular flexibility index (Phi) is 5.82. The summed E-state index contributed by atoms with van der Waals surface area (Å²) in [6, 6.07) is 8.43. The molecule has 0 aliphatic carbocycles. The highest BCUT2D eigenvalue weighted by molar-refractivity contribution is 7.92. The number of aryl methyl sites for hydroxylation is 1. The van der Waals surface area contributed by atoms with Gasteiger partial charge in [-0.2, -0.15) is 0 Å². The zero-order valence-corrected chi connectivity index (χ0v) is 14.0. The van der Waals surface area contributed by atoms with Gasteiger partial charge < -0.3 is 5.32 Å². The van der Waals surface area contributed by atoms with Crippen LogP contribution in [-0.4, -0.2) is 32.0 Å². The van der Waals surface area contributed by atoms with Gasteiger partial charge in [-0.25, -0.2) is 8.42 Å². The fraction of sp³-hybridized carbons (Fsp3) is 0.647. The average Bonchev–Trinajstić information content (AvgIpc) is 2.43. The van der Waals surface area contributed by atoms with E-state index in [0.29, 0.717) is 5.75 Å². The molecule has 3 nitrogen and oxygen atoms in total. The van der Waals surface area contributed by atoms with Crippen LogP contribution in [0.15, 0.2) is 24.3 Å². The van der Waals surface area contributed by atoms with Gasteiger partial charge in [0.15, 0.2) is 9.84 Å². The van der Waals surface area contributed by atoms with Crippen LogP contribution in [0.5, 0.6) is 0 Å². The first kappa shape index (κ1) is 16.5. The lowest BCUT2D eigenvalue weighted by atomic mass is 9.98. The second-order valence-electron chi connectivity index (χ2n) is 6.16. The Hall–Kier alpha value is -0.870. The van der Waals surface area contributed by atoms with E-state index in [4.69, 9.17) is 0 Å². The molecular formula is C17H27NO2S. The van der Waals surface area contributed by atoms with Crippen LogP contribution in [0.1, 0.15) is 43.7 Å². The minimum absolute atomic E-state index is 0.0389. The third-order valence-corrected chi connectivity index (χ3v) is 6.62. The van der Waals surface area contributed by atoms with Crippen LogP contribution in [-0.2, 0) is 16.3 Å². The third kappa shape index (κ3) is 4.55. The molecule has 0 spiro atoms. The van der Waals surface area contributed by atoms with Crippen molar-refractivity contribution in [2.24, 2.45) is 0 Å². The van der Waals surface area contributed by atoms with E-state index in [9.17, 15) is 8.42 Å². The van der Waals surface area contributed by atoms with Crippen LogP contribution in [0.3, 0.4) is 0 Å². The van der Waals surface area contributed by atoms with E-state index in [1.165, 1.54) is 11.1 Å². The van der Waals surface area contributed by atoms with Crippen LogP contribution in [0.4, 0.5) is 0 Å². The second-order valence-corrected chi connectivity index (χ2v) is 8.49. The maximum Gasteiger partial charge on any atom is 0.154 e. The number of hydrogen-bond acceptors (Lipinski definition) is 3. The van der Waals surface area contributed by atoms with E-state index in [1.807, 2.05) is 0 Å². The van der Waals surface area contributed by atoms with Crippen LogP contribution in [0.25, 0.3) is 0 Å². The van der Waals surface area contributed by atoms with Gasteiger partial charge in [0, 0.05) is 6.04 Å². The molecule has 0 aromatic heterocycles. The molecule has 1 saturated heterocycles. The maximum atomic E-state index is 12.4. The molecule has 0 saturated carbocycles. The Morgan fingerprint density at radius 1 is 1.33 bits per heavy atom. The smallest absolute Gasteiger partial charge is 0.154 e. The van der Waals surface area contributed by atoms with Gasteiger partial charge in [0.1, 0.15) is 0 Å². The molecule has 21 heavy (non-hydrogen) atoms. The SMILES string of the molecule is CCCNC(Cc1cccc(C)c1)C1CCCCS1(=O)=O. The molecule has 2 atom stereocenters. The molecule has 4 heteroatoms. The van der Waals surface area contributed by atoms with Gasteiger partial charge in [0.25, 0.3) is 0 Å². The Balaban J connectivity index is 2.17. The van der Waals surface area contributed by atoms with Gasteiger partial charge in [0.05, 0.1) is 11.0 Å². The standard InChI is InChI=1S/C17H27NO2S/c1-3-10-18-16(13-15-8-6-7-14(2)12-15)17-9-4-5-11-21(17,19)20/h6-8,12,16-18H,3-5,9-11,13H2,1-2H3. The Morgan fingerprint density at radius 3 is 2.81 bits per heavy atom. The molecule has 118 valence electrons. The van der Waals surface area contributed by atoms with Crippen LogP contribution >= 0.6 is 0 Å². The molecule has 1 aromatic carbocycles. The molecule has 1 fully saturated rings. The molecule has 1 aliphatic heterocycles. The third-order valence-electron chi connectivity index (χ3n) is 4.27. The lowest BCUT2D eigenvalue weighted by molar-refractivity contribution is 0.433. The van der Waals surface area contributed by atoms with Gasteiger partial charge in [-0.3, -0.25) is 0 Å². The molecule has 2 rings (SSSR count). The van der Waals surface area contributed by atoms with E-state index in [-0.39, 0.29) is 11.3 Å². The monoisotopic (exact) mass is 309 g/mol. The summed E-state index contributed by atoms with van der Waals surface area (Å²) in [5.74, 6) is 0.357. The summed E-state index contributed by atoms with van der Waals surface area (Å²) in [6.07, 6.45) is 4.48. The van der Waals surface area contributed by atoms with Crippen LogP contribution < -0.4 is 5.32 Å². The summed E-state index contributed by atoms with van der Waals surface area (Å²) in [7, 11) is -2.95. The van der Waals surface area contributed by atoms with E-state index in [0.717, 1.165) is 38.6 Å². The first-order chi connectivity index (χ1) is 10.0. The topological polar surface area (TPSA) is 46.2 Å². The lowest BCUT2D eigenvalue weighted by Crippen LogP contribution is -2.48. The van der Waals surface area contributed by atoms with Crippen LogP contribution in [0.2, 0.25) is 0 Å². The number of benzene rings is 1. The fourth-order valence-corrected chi connectivity index (χ4v) is 5.32. The van der Waals surface area contributed by atoms with Gasteiger partial charge in [-0.1, -0.05) is 43.2 Å². The van der Waals surface area contributed by atoms with E-state index in [2.05, 4.69) is 43.4 Å². The highest BCUT2D eigenvalue weighted by atomic mass is 32.2. The number of rotatable bonds is 6. The zero-order chi connectivity index (χ0) is 15.3. The summed E-state index contributed by atoms with van der Waals surface area (Å²) in [4.78, 5) is 0. The molecule has 1 aliphatic rings. The number of nitrogens with one attached hydrogen (secondary N) is 1. The van der Waals surface area contributed by atoms with E-state index >= 15 is 0 Å². The number of hydrogen-bond donors (Lipinski definition) is 1. The minimum Gasteiger partial charge on any atom is -0.312 e. The molecule has 0 radical (unpaired) electrons. The zero-order valence-electron chi connectivity index (χ0n) is 13.1. The van der Waals surface area contributed by atoms with Crippen molar-refractivity contribution >= 4 is 9.84 Å². The average molecular weight is 309 g/mol. The Morgan fingerprint density at radius 2 is 2.14 bits per heavy atom. The van der Waals surface area contributed by atoms with Gasteiger partial charge in [-0.05, 0) is 44.7 Å². The van der Waals surface area contributed by atoms with Crippen molar-refractivity contribution in [1.82, 2.24) is 5.32 Å². The van der Waals surface area contributed by atoms with Crippen LogP contribution in [0, 0.1) is 6.92 Å². The fourth-order valence-electron chi connectivity index (χ4n) is 3.19. The predicted molar refractivity (Wildman–Crippen MR) is 88.4 cm³/mol. The second kappa shape index (κ2) is 7.41. The van der Waals surface area contributed by atoms with Gasteiger partial charge >= 0.3 is 0 Å². The maximum absolute atomic E-state index is 12.4. The Bertz CT molecular complexity index is 554. The van der Waals surface area contributed by atoms with Crippen molar-refractivity contribution < 1.29 is 8.42 Å². The van der Waals surface area contributed by atoms with E-state index in [1.54, 1.807) is 0 Å². The largest absolute Gasteiger partial charge is 0.312 e. The molecule has 2 unspecified atom stereocenters. The number of sulfone groups is 1. The van der Waals surface area contributed by atoms with Crippen molar-refractivity contribution in [2.45, 2.75) is 57.2 Å². The summed E-state index contributed by atoms with van der Waals surface area (Å²) in [5.41, 5.74) is 2.46. The van der Waals surface area contributed by atoms with Gasteiger partial charge in [-0.15, -0.1) is 0 Å². The van der Waals surface area contributed by atoms with Crippen molar-refractivity contribution in [1.29, 1.82) is 0 Å². The first-order valence-corrected chi connectivity index (χ1v) is 9.75. The summed E-state index contributed by atoms with van der Waals surface area (Å²) in [5, 5.41) is 3.26. The van der Waals surface area contributed by atoms with Crippen molar-refractivity contribution in [3.05, 3.63) is 35.4 Å².